The van der Waals surface area contributed by atoms with Gasteiger partial charge in [0.25, 0.3) is 5.91 Å². The molecule has 3 rings (SSSR count). The molecule has 0 aromatic heterocycles. The third-order valence-corrected chi connectivity index (χ3v) is 6.32. The predicted octanol–water partition coefficient (Wildman–Crippen LogP) is 2.34. The minimum Gasteiger partial charge on any atom is -0.483 e. The highest BCUT2D eigenvalue weighted by Gasteiger charge is 2.26. The largest absolute Gasteiger partial charge is 0.483 e. The molecule has 0 atom stereocenters. The zero-order chi connectivity index (χ0) is 20.1. The van der Waals surface area contributed by atoms with Crippen LogP contribution in [-0.4, -0.2) is 51.5 Å². The number of carbonyl (C=O) groups is 1. The lowest BCUT2D eigenvalue weighted by Gasteiger charge is -2.26. The molecule has 0 spiro atoms. The third kappa shape index (κ3) is 4.89. The predicted molar refractivity (Wildman–Crippen MR) is 106 cm³/mol. The number of carbonyl (C=O) groups excluding carboxylic acids is 1. The van der Waals surface area contributed by atoms with Crippen molar-refractivity contribution in [2.75, 3.05) is 38.2 Å². The van der Waals surface area contributed by atoms with Crippen LogP contribution in [0.1, 0.15) is 11.1 Å². The molecule has 7 nitrogen and oxygen atoms in total. The van der Waals surface area contributed by atoms with Crippen molar-refractivity contribution in [2.24, 2.45) is 0 Å². The molecule has 0 bridgehead atoms. The normalized spacial score (nSPS) is 15.2. The van der Waals surface area contributed by atoms with Crippen molar-refractivity contribution in [2.45, 2.75) is 18.7 Å². The Balaban J connectivity index is 1.65. The molecule has 28 heavy (non-hydrogen) atoms. The fourth-order valence-corrected chi connectivity index (χ4v) is 4.33. The summed E-state index contributed by atoms with van der Waals surface area (Å²) in [5.74, 6) is 0.292. The molecule has 0 unspecified atom stereocenters. The summed E-state index contributed by atoms with van der Waals surface area (Å²) >= 11 is 0. The van der Waals surface area contributed by atoms with Crippen LogP contribution in [0.3, 0.4) is 0 Å². The molecule has 0 saturated carbocycles. The van der Waals surface area contributed by atoms with Crippen LogP contribution < -0.4 is 10.1 Å². The van der Waals surface area contributed by atoms with Crippen molar-refractivity contribution in [3.8, 4) is 5.75 Å². The summed E-state index contributed by atoms with van der Waals surface area (Å²) in [7, 11) is -3.62. The summed E-state index contributed by atoms with van der Waals surface area (Å²) in [6.45, 7) is 5.10. The summed E-state index contributed by atoms with van der Waals surface area (Å²) in [6, 6.07) is 12.0. The molecule has 1 fully saturated rings. The summed E-state index contributed by atoms with van der Waals surface area (Å²) in [5.41, 5.74) is 2.39. The van der Waals surface area contributed by atoms with Crippen molar-refractivity contribution in [3.05, 3.63) is 53.6 Å². The van der Waals surface area contributed by atoms with Crippen LogP contribution in [0.15, 0.2) is 47.4 Å². The standard InChI is InChI=1S/C20H24N2O5S/c1-15-6-7-16(2)19(12-15)27-14-20(23)21-17-4-3-5-18(13-17)28(24,25)22-8-10-26-11-9-22/h3-7,12-13H,8-11,14H2,1-2H3,(H,21,23). The van der Waals surface area contributed by atoms with Crippen molar-refractivity contribution < 1.29 is 22.7 Å². The van der Waals surface area contributed by atoms with Crippen LogP contribution in [-0.2, 0) is 19.6 Å². The maximum Gasteiger partial charge on any atom is 0.262 e. The minimum absolute atomic E-state index is 0.141. The molecule has 2 aromatic carbocycles. The van der Waals surface area contributed by atoms with E-state index in [-0.39, 0.29) is 17.4 Å². The summed E-state index contributed by atoms with van der Waals surface area (Å²) in [5, 5.41) is 2.69. The Morgan fingerprint density at radius 2 is 1.89 bits per heavy atom. The van der Waals surface area contributed by atoms with Crippen LogP contribution in [0, 0.1) is 13.8 Å². The van der Waals surface area contributed by atoms with Gasteiger partial charge in [-0.3, -0.25) is 4.79 Å². The van der Waals surface area contributed by atoms with Gasteiger partial charge in [0.15, 0.2) is 6.61 Å². The van der Waals surface area contributed by atoms with Gasteiger partial charge in [0.05, 0.1) is 18.1 Å². The van der Waals surface area contributed by atoms with Gasteiger partial charge in [-0.2, -0.15) is 4.31 Å². The van der Waals surface area contributed by atoms with Crippen molar-refractivity contribution in [1.82, 2.24) is 4.31 Å². The van der Waals surface area contributed by atoms with Gasteiger partial charge in [-0.05, 0) is 49.2 Å². The van der Waals surface area contributed by atoms with Gasteiger partial charge in [0.2, 0.25) is 10.0 Å². The molecule has 0 radical (unpaired) electrons. The average Bonchev–Trinajstić information content (AvgIpc) is 2.69. The van der Waals surface area contributed by atoms with E-state index >= 15 is 0 Å². The molecule has 2 aromatic rings. The second kappa shape index (κ2) is 8.72. The van der Waals surface area contributed by atoms with Crippen LogP contribution in [0.25, 0.3) is 0 Å². The van der Waals surface area contributed by atoms with E-state index in [4.69, 9.17) is 9.47 Å². The van der Waals surface area contributed by atoms with Gasteiger partial charge in [0, 0.05) is 18.8 Å². The Morgan fingerprint density at radius 3 is 2.64 bits per heavy atom. The van der Waals surface area contributed by atoms with E-state index in [0.29, 0.717) is 37.7 Å². The number of benzene rings is 2. The number of hydrogen-bond donors (Lipinski definition) is 1. The Labute approximate surface area is 165 Å². The van der Waals surface area contributed by atoms with E-state index < -0.39 is 10.0 Å². The second-order valence-electron chi connectivity index (χ2n) is 6.65. The van der Waals surface area contributed by atoms with E-state index in [1.807, 2.05) is 32.0 Å². The number of morpholine rings is 1. The lowest BCUT2D eigenvalue weighted by Crippen LogP contribution is -2.40. The first-order chi connectivity index (χ1) is 13.4. The summed E-state index contributed by atoms with van der Waals surface area (Å²) in [6.07, 6.45) is 0. The lowest BCUT2D eigenvalue weighted by molar-refractivity contribution is -0.118. The van der Waals surface area contributed by atoms with E-state index in [1.165, 1.54) is 16.4 Å². The lowest BCUT2D eigenvalue weighted by atomic mass is 10.1. The Kier molecular flexibility index (Phi) is 6.33. The van der Waals surface area contributed by atoms with Crippen LogP contribution in [0.2, 0.25) is 0 Å². The van der Waals surface area contributed by atoms with Crippen LogP contribution >= 0.6 is 0 Å². The molecule has 1 heterocycles. The minimum atomic E-state index is -3.62. The Morgan fingerprint density at radius 1 is 1.14 bits per heavy atom. The van der Waals surface area contributed by atoms with E-state index in [0.717, 1.165) is 11.1 Å². The molecule has 150 valence electrons. The van der Waals surface area contributed by atoms with E-state index in [9.17, 15) is 13.2 Å². The zero-order valence-corrected chi connectivity index (χ0v) is 16.8. The number of amides is 1. The van der Waals surface area contributed by atoms with Crippen molar-refractivity contribution in [1.29, 1.82) is 0 Å². The van der Waals surface area contributed by atoms with Gasteiger partial charge in [-0.25, -0.2) is 8.42 Å². The highest BCUT2D eigenvalue weighted by Crippen LogP contribution is 2.21. The highest BCUT2D eigenvalue weighted by molar-refractivity contribution is 7.89. The number of ether oxygens (including phenoxy) is 2. The molecule has 1 aliphatic rings. The van der Waals surface area contributed by atoms with Crippen LogP contribution in [0.5, 0.6) is 5.75 Å². The first-order valence-corrected chi connectivity index (χ1v) is 10.5. The second-order valence-corrected chi connectivity index (χ2v) is 8.59. The monoisotopic (exact) mass is 404 g/mol. The quantitative estimate of drug-likeness (QED) is 0.799. The first-order valence-electron chi connectivity index (χ1n) is 9.04. The molecule has 8 heteroatoms. The van der Waals surface area contributed by atoms with Gasteiger partial charge in [-0.1, -0.05) is 18.2 Å². The van der Waals surface area contributed by atoms with E-state index in [2.05, 4.69) is 5.32 Å². The maximum atomic E-state index is 12.7. The summed E-state index contributed by atoms with van der Waals surface area (Å²) < 4.78 is 37.7. The molecular formula is C20H24N2O5S. The van der Waals surface area contributed by atoms with Gasteiger partial charge in [-0.15, -0.1) is 0 Å². The number of aryl methyl sites for hydroxylation is 2. The van der Waals surface area contributed by atoms with Gasteiger partial charge >= 0.3 is 0 Å². The Hall–Kier alpha value is -2.42. The fourth-order valence-electron chi connectivity index (χ4n) is 2.87. The highest BCUT2D eigenvalue weighted by atomic mass is 32.2. The number of nitrogens with one attached hydrogen (secondary N) is 1. The smallest absolute Gasteiger partial charge is 0.262 e. The number of hydrogen-bond acceptors (Lipinski definition) is 5. The average molecular weight is 404 g/mol. The van der Waals surface area contributed by atoms with Crippen molar-refractivity contribution in [3.63, 3.8) is 0 Å². The van der Waals surface area contributed by atoms with Gasteiger partial charge < -0.3 is 14.8 Å². The molecule has 1 N–H and O–H groups in total. The van der Waals surface area contributed by atoms with Crippen LogP contribution in [0.4, 0.5) is 5.69 Å². The zero-order valence-electron chi connectivity index (χ0n) is 16.0. The Bertz CT molecular complexity index is 953. The SMILES string of the molecule is Cc1ccc(C)c(OCC(=O)Nc2cccc(S(=O)(=O)N3CCOCC3)c2)c1. The molecule has 1 saturated heterocycles. The first kappa shape index (κ1) is 20.3. The van der Waals surface area contributed by atoms with Gasteiger partial charge in [0.1, 0.15) is 5.75 Å². The summed E-state index contributed by atoms with van der Waals surface area (Å²) in [4.78, 5) is 12.4. The number of nitrogens with zero attached hydrogens (tertiary/aromatic N) is 1. The topological polar surface area (TPSA) is 84.9 Å². The fraction of sp³-hybridized carbons (Fsp3) is 0.350. The maximum absolute atomic E-state index is 12.7. The molecule has 1 amide bonds. The molecule has 1 aliphatic heterocycles. The van der Waals surface area contributed by atoms with Crippen molar-refractivity contribution >= 4 is 21.6 Å². The third-order valence-electron chi connectivity index (χ3n) is 4.43. The molecular weight excluding hydrogens is 380 g/mol. The molecule has 0 aliphatic carbocycles. The number of sulfonamides is 1. The van der Waals surface area contributed by atoms with E-state index in [1.54, 1.807) is 12.1 Å². The number of rotatable bonds is 6. The number of anilines is 1.